The van der Waals surface area contributed by atoms with Gasteiger partial charge in [0.25, 0.3) is 0 Å². The van der Waals surface area contributed by atoms with Crippen LogP contribution in [0, 0.1) is 5.82 Å². The first-order chi connectivity index (χ1) is 12.7. The smallest absolute Gasteiger partial charge is 0.239 e. The van der Waals surface area contributed by atoms with Crippen LogP contribution in [-0.2, 0) is 19.5 Å². The summed E-state index contributed by atoms with van der Waals surface area (Å²) in [6, 6.07) is 5.83. The Hall–Kier alpha value is -2.10. The van der Waals surface area contributed by atoms with Crippen molar-refractivity contribution >= 4 is 16.0 Å². The Morgan fingerprint density at radius 1 is 1.15 bits per heavy atom. The third-order valence-electron chi connectivity index (χ3n) is 4.26. The van der Waals surface area contributed by atoms with Crippen LogP contribution in [0.1, 0.15) is 37.3 Å². The standard InChI is InChI=1S/C18H22FN3O4S/c1-11(2)15-14(17-25-9-10-26-17)16(12-5-7-13(19)8-6-12)21-18(20-15)22(3)27(4,23)24/h5-8,11,17H,9-10H2,1-4H3. The summed E-state index contributed by atoms with van der Waals surface area (Å²) < 4.78 is 49.8. The third kappa shape index (κ3) is 4.10. The van der Waals surface area contributed by atoms with Gasteiger partial charge in [-0.1, -0.05) is 13.8 Å². The van der Waals surface area contributed by atoms with E-state index in [0.29, 0.717) is 35.7 Å². The molecule has 0 amide bonds. The van der Waals surface area contributed by atoms with Crippen LogP contribution in [0.2, 0.25) is 0 Å². The summed E-state index contributed by atoms with van der Waals surface area (Å²) in [7, 11) is -2.16. The summed E-state index contributed by atoms with van der Waals surface area (Å²) in [5.74, 6) is -0.371. The minimum Gasteiger partial charge on any atom is -0.346 e. The van der Waals surface area contributed by atoms with E-state index in [1.807, 2.05) is 13.8 Å². The zero-order valence-electron chi connectivity index (χ0n) is 15.6. The summed E-state index contributed by atoms with van der Waals surface area (Å²) in [6.45, 7) is 4.77. The number of nitrogens with zero attached hydrogens (tertiary/aromatic N) is 3. The van der Waals surface area contributed by atoms with Gasteiger partial charge in [-0.2, -0.15) is 0 Å². The number of aromatic nitrogens is 2. The second kappa shape index (κ2) is 7.49. The molecule has 1 aliphatic heterocycles. The van der Waals surface area contributed by atoms with Crippen LogP contribution >= 0.6 is 0 Å². The van der Waals surface area contributed by atoms with Crippen molar-refractivity contribution in [1.29, 1.82) is 0 Å². The third-order valence-corrected chi connectivity index (χ3v) is 5.42. The highest BCUT2D eigenvalue weighted by molar-refractivity contribution is 7.92. The fourth-order valence-electron chi connectivity index (χ4n) is 2.79. The quantitative estimate of drug-likeness (QED) is 0.774. The lowest BCUT2D eigenvalue weighted by Crippen LogP contribution is -2.28. The fraction of sp³-hybridized carbons (Fsp3) is 0.444. The van der Waals surface area contributed by atoms with Crippen LogP contribution in [0.25, 0.3) is 11.3 Å². The van der Waals surface area contributed by atoms with Gasteiger partial charge >= 0.3 is 0 Å². The van der Waals surface area contributed by atoms with E-state index in [1.165, 1.54) is 19.2 Å². The number of anilines is 1. The topological polar surface area (TPSA) is 81.6 Å². The Morgan fingerprint density at radius 3 is 2.26 bits per heavy atom. The van der Waals surface area contributed by atoms with E-state index in [9.17, 15) is 12.8 Å². The van der Waals surface area contributed by atoms with E-state index in [2.05, 4.69) is 9.97 Å². The van der Waals surface area contributed by atoms with Gasteiger partial charge in [-0.3, -0.25) is 0 Å². The SMILES string of the molecule is CC(C)c1nc(N(C)S(C)(=O)=O)nc(-c2ccc(F)cc2)c1C1OCCO1. The van der Waals surface area contributed by atoms with E-state index < -0.39 is 16.3 Å². The summed E-state index contributed by atoms with van der Waals surface area (Å²) >= 11 is 0. The zero-order chi connectivity index (χ0) is 19.8. The van der Waals surface area contributed by atoms with E-state index >= 15 is 0 Å². The molecule has 27 heavy (non-hydrogen) atoms. The van der Waals surface area contributed by atoms with Crippen molar-refractivity contribution in [2.75, 3.05) is 30.8 Å². The number of hydrogen-bond acceptors (Lipinski definition) is 6. The highest BCUT2D eigenvalue weighted by Gasteiger charge is 2.30. The second-order valence-electron chi connectivity index (χ2n) is 6.64. The molecule has 0 bridgehead atoms. The number of sulfonamides is 1. The largest absolute Gasteiger partial charge is 0.346 e. The van der Waals surface area contributed by atoms with Crippen LogP contribution in [0.5, 0.6) is 0 Å². The first-order valence-corrected chi connectivity index (χ1v) is 10.4. The molecule has 0 spiro atoms. The summed E-state index contributed by atoms with van der Waals surface area (Å²) in [6.07, 6.45) is 0.431. The van der Waals surface area contributed by atoms with E-state index in [-0.39, 0.29) is 17.7 Å². The molecule has 7 nitrogen and oxygen atoms in total. The molecule has 2 heterocycles. The van der Waals surface area contributed by atoms with Crippen molar-refractivity contribution in [3.05, 3.63) is 41.3 Å². The van der Waals surface area contributed by atoms with Crippen LogP contribution < -0.4 is 4.31 Å². The maximum absolute atomic E-state index is 13.4. The molecule has 0 unspecified atom stereocenters. The van der Waals surface area contributed by atoms with Gasteiger partial charge in [0.15, 0.2) is 6.29 Å². The normalized spacial score (nSPS) is 15.5. The molecular weight excluding hydrogens is 373 g/mol. The van der Waals surface area contributed by atoms with Crippen LogP contribution in [0.4, 0.5) is 10.3 Å². The van der Waals surface area contributed by atoms with Gasteiger partial charge in [0.05, 0.1) is 36.4 Å². The maximum atomic E-state index is 13.4. The van der Waals surface area contributed by atoms with Gasteiger partial charge in [-0.05, 0) is 30.2 Å². The molecule has 0 N–H and O–H groups in total. The maximum Gasteiger partial charge on any atom is 0.239 e. The van der Waals surface area contributed by atoms with Gasteiger partial charge in [0.1, 0.15) is 5.82 Å². The predicted octanol–water partition coefficient (Wildman–Crippen LogP) is 2.85. The molecule has 9 heteroatoms. The molecule has 1 aromatic heterocycles. The Kier molecular flexibility index (Phi) is 5.45. The van der Waals surface area contributed by atoms with Gasteiger partial charge in [0, 0.05) is 12.6 Å². The van der Waals surface area contributed by atoms with Gasteiger partial charge in [0.2, 0.25) is 16.0 Å². The van der Waals surface area contributed by atoms with Crippen LogP contribution in [0.15, 0.2) is 24.3 Å². The van der Waals surface area contributed by atoms with Crippen LogP contribution in [0.3, 0.4) is 0 Å². The Morgan fingerprint density at radius 2 is 1.74 bits per heavy atom. The molecule has 1 fully saturated rings. The molecule has 0 atom stereocenters. The molecule has 0 aliphatic carbocycles. The number of benzene rings is 1. The van der Waals surface area contributed by atoms with Gasteiger partial charge in [-0.25, -0.2) is 27.1 Å². The Bertz CT molecular complexity index is 926. The molecule has 1 aliphatic rings. The van der Waals surface area contributed by atoms with E-state index in [1.54, 1.807) is 12.1 Å². The predicted molar refractivity (Wildman–Crippen MR) is 99.4 cm³/mol. The van der Waals surface area contributed by atoms with Crippen molar-refractivity contribution in [2.45, 2.75) is 26.1 Å². The van der Waals surface area contributed by atoms with Gasteiger partial charge < -0.3 is 9.47 Å². The molecule has 0 saturated carbocycles. The van der Waals surface area contributed by atoms with Crippen molar-refractivity contribution in [3.8, 4) is 11.3 Å². The van der Waals surface area contributed by atoms with Crippen molar-refractivity contribution in [1.82, 2.24) is 9.97 Å². The lowest BCUT2D eigenvalue weighted by atomic mass is 9.98. The van der Waals surface area contributed by atoms with Crippen molar-refractivity contribution in [2.24, 2.45) is 0 Å². The zero-order valence-corrected chi connectivity index (χ0v) is 16.5. The molecule has 1 aromatic carbocycles. The summed E-state index contributed by atoms with van der Waals surface area (Å²) in [4.78, 5) is 8.97. The van der Waals surface area contributed by atoms with Crippen molar-refractivity contribution < 1.29 is 22.3 Å². The summed E-state index contributed by atoms with van der Waals surface area (Å²) in [5, 5.41) is 0. The first-order valence-electron chi connectivity index (χ1n) is 8.53. The number of hydrogen-bond donors (Lipinski definition) is 0. The average molecular weight is 395 g/mol. The average Bonchev–Trinajstić information content (AvgIpc) is 3.14. The summed E-state index contributed by atoms with van der Waals surface area (Å²) in [5.41, 5.74) is 2.35. The lowest BCUT2D eigenvalue weighted by Gasteiger charge is -2.23. The number of ether oxygens (including phenoxy) is 2. The molecule has 0 radical (unpaired) electrons. The lowest BCUT2D eigenvalue weighted by molar-refractivity contribution is -0.0449. The fourth-order valence-corrected chi connectivity index (χ4v) is 3.17. The van der Waals surface area contributed by atoms with E-state index in [4.69, 9.17) is 9.47 Å². The second-order valence-corrected chi connectivity index (χ2v) is 8.65. The Balaban J connectivity index is 2.28. The number of halogens is 1. The minimum absolute atomic E-state index is 0.0401. The Labute approximate surface area is 158 Å². The molecule has 3 rings (SSSR count). The highest BCUT2D eigenvalue weighted by Crippen LogP contribution is 2.37. The van der Waals surface area contributed by atoms with Gasteiger partial charge in [-0.15, -0.1) is 0 Å². The number of rotatable bonds is 5. The van der Waals surface area contributed by atoms with Crippen molar-refractivity contribution in [3.63, 3.8) is 0 Å². The van der Waals surface area contributed by atoms with E-state index in [0.717, 1.165) is 10.6 Å². The van der Waals surface area contributed by atoms with Crippen LogP contribution in [-0.4, -0.2) is 44.9 Å². The first kappa shape index (κ1) is 19.7. The highest BCUT2D eigenvalue weighted by atomic mass is 32.2. The molecule has 146 valence electrons. The molecule has 1 saturated heterocycles. The molecule has 2 aromatic rings. The molecular formula is C18H22FN3O4S. The minimum atomic E-state index is -3.55. The monoisotopic (exact) mass is 395 g/mol.